The summed E-state index contributed by atoms with van der Waals surface area (Å²) in [5.41, 5.74) is 8.82. The molecule has 110 valence electrons. The lowest BCUT2D eigenvalue weighted by atomic mass is 10.1. The number of nitrogen functional groups attached to an aromatic ring is 1. The van der Waals surface area contributed by atoms with Gasteiger partial charge in [-0.1, -0.05) is 6.58 Å². The number of hydrogen-bond acceptors (Lipinski definition) is 7. The molecule has 1 unspecified atom stereocenters. The van der Waals surface area contributed by atoms with E-state index in [9.17, 15) is 15.0 Å². The lowest BCUT2D eigenvalue weighted by Crippen LogP contribution is -2.22. The Balaban J connectivity index is 2.17. The van der Waals surface area contributed by atoms with Crippen LogP contribution in [0.3, 0.4) is 0 Å². The molecule has 5 N–H and O–H groups in total. The van der Waals surface area contributed by atoms with Crippen molar-refractivity contribution in [2.24, 2.45) is 0 Å². The number of aliphatic hydroxyl groups is 2. The molecule has 2 aromatic heterocycles. The van der Waals surface area contributed by atoms with Gasteiger partial charge in [0.1, 0.15) is 5.37 Å². The predicted octanol–water partition coefficient (Wildman–Crippen LogP) is -0.620. The van der Waals surface area contributed by atoms with Crippen molar-refractivity contribution in [2.45, 2.75) is 16.7 Å². The number of hydrogen-bond donors (Lipinski definition) is 4. The van der Waals surface area contributed by atoms with Crippen LogP contribution in [0.15, 0.2) is 29.0 Å². The molecule has 8 nitrogen and oxygen atoms in total. The van der Waals surface area contributed by atoms with Crippen molar-refractivity contribution in [2.75, 3.05) is 12.3 Å². The van der Waals surface area contributed by atoms with Crippen molar-refractivity contribution in [1.29, 1.82) is 0 Å². The molecular weight excluding hydrogens is 294 g/mol. The number of aromatic amines is 1. The summed E-state index contributed by atoms with van der Waals surface area (Å²) in [6, 6.07) is 0. The SMILES string of the molecule is C=C=C1C(O)[C@@H](CO)S[C@@H]1n1cnc2c(=O)[nH]c(N)nc21. The van der Waals surface area contributed by atoms with Gasteiger partial charge in [-0.3, -0.25) is 14.3 Å². The molecule has 21 heavy (non-hydrogen) atoms. The molecular formula is C12H13N5O3S. The van der Waals surface area contributed by atoms with Crippen molar-refractivity contribution >= 4 is 28.9 Å². The summed E-state index contributed by atoms with van der Waals surface area (Å²) in [4.78, 5) is 22.3. The Morgan fingerprint density at radius 3 is 3.05 bits per heavy atom. The van der Waals surface area contributed by atoms with E-state index < -0.39 is 22.3 Å². The standard InChI is InChI=1S/C12H13N5O3S/c1-2-5-8(19)6(3-18)21-11(5)17-4-14-7-9(17)15-12(13)16-10(7)20/h4,6,8,11,18-19H,1,3H2,(H3,13,15,16,20)/t6-,8?,11+/m1/s1. The van der Waals surface area contributed by atoms with Gasteiger partial charge in [-0.2, -0.15) is 4.98 Å². The average Bonchev–Trinajstić information content (AvgIpc) is 2.99. The number of aliphatic hydroxyl groups excluding tert-OH is 2. The summed E-state index contributed by atoms with van der Waals surface area (Å²) in [7, 11) is 0. The molecule has 0 radical (unpaired) electrons. The fourth-order valence-electron chi connectivity index (χ4n) is 2.32. The third kappa shape index (κ3) is 2.07. The number of nitrogens with one attached hydrogen (secondary N) is 1. The predicted molar refractivity (Wildman–Crippen MR) is 78.7 cm³/mol. The molecule has 0 aromatic carbocycles. The summed E-state index contributed by atoms with van der Waals surface area (Å²) >= 11 is 1.33. The van der Waals surface area contributed by atoms with Crippen LogP contribution in [0.25, 0.3) is 11.2 Å². The van der Waals surface area contributed by atoms with Gasteiger partial charge in [-0.05, 0) is 0 Å². The van der Waals surface area contributed by atoms with Crippen molar-refractivity contribution < 1.29 is 10.2 Å². The van der Waals surface area contributed by atoms with Gasteiger partial charge in [0, 0.05) is 5.57 Å². The number of anilines is 1. The van der Waals surface area contributed by atoms with Crippen LogP contribution in [0.2, 0.25) is 0 Å². The Bertz CT molecular complexity index is 807. The van der Waals surface area contributed by atoms with Crippen molar-refractivity contribution in [1.82, 2.24) is 19.5 Å². The first-order valence-electron chi connectivity index (χ1n) is 6.13. The van der Waals surface area contributed by atoms with Gasteiger partial charge >= 0.3 is 0 Å². The Labute approximate surface area is 123 Å². The number of fused-ring (bicyclic) bond motifs is 1. The second kappa shape index (κ2) is 5.05. The van der Waals surface area contributed by atoms with Gasteiger partial charge in [0.05, 0.1) is 24.3 Å². The molecule has 0 saturated carbocycles. The van der Waals surface area contributed by atoms with Crippen LogP contribution in [-0.2, 0) is 0 Å². The monoisotopic (exact) mass is 307 g/mol. The van der Waals surface area contributed by atoms with E-state index >= 15 is 0 Å². The molecule has 0 spiro atoms. The second-order valence-corrected chi connectivity index (χ2v) is 5.89. The number of nitrogens with two attached hydrogens (primary N) is 1. The lowest BCUT2D eigenvalue weighted by molar-refractivity contribution is 0.172. The number of aromatic nitrogens is 4. The van der Waals surface area contributed by atoms with Crippen molar-refractivity contribution in [3.05, 3.63) is 34.6 Å². The van der Waals surface area contributed by atoms with E-state index in [-0.39, 0.29) is 18.1 Å². The molecule has 1 aliphatic heterocycles. The lowest BCUT2D eigenvalue weighted by Gasteiger charge is -2.12. The number of H-pyrrole nitrogens is 1. The molecule has 1 aliphatic rings. The van der Waals surface area contributed by atoms with Gasteiger partial charge in [0.2, 0.25) is 5.95 Å². The highest BCUT2D eigenvalue weighted by Gasteiger charge is 2.40. The van der Waals surface area contributed by atoms with Crippen LogP contribution in [0.5, 0.6) is 0 Å². The Morgan fingerprint density at radius 2 is 2.38 bits per heavy atom. The first-order chi connectivity index (χ1) is 10.1. The maximum Gasteiger partial charge on any atom is 0.280 e. The summed E-state index contributed by atoms with van der Waals surface area (Å²) in [5.74, 6) is -0.0133. The van der Waals surface area contributed by atoms with Crippen LogP contribution in [0, 0.1) is 0 Å². The highest BCUT2D eigenvalue weighted by atomic mass is 32.2. The van der Waals surface area contributed by atoms with Gasteiger partial charge in [-0.25, -0.2) is 4.98 Å². The molecule has 0 amide bonds. The molecule has 0 aliphatic carbocycles. The first-order valence-corrected chi connectivity index (χ1v) is 7.07. The summed E-state index contributed by atoms with van der Waals surface area (Å²) < 4.78 is 1.62. The smallest absolute Gasteiger partial charge is 0.280 e. The molecule has 3 rings (SSSR count). The molecule has 9 heteroatoms. The third-order valence-electron chi connectivity index (χ3n) is 3.33. The summed E-state index contributed by atoms with van der Waals surface area (Å²) in [5, 5.41) is 18.7. The molecule has 0 bridgehead atoms. The van der Waals surface area contributed by atoms with Crippen LogP contribution < -0.4 is 11.3 Å². The van der Waals surface area contributed by atoms with Crippen LogP contribution in [-0.4, -0.2) is 47.7 Å². The van der Waals surface area contributed by atoms with E-state index in [1.807, 2.05) is 0 Å². The zero-order chi connectivity index (χ0) is 15.1. The van der Waals surface area contributed by atoms with E-state index in [1.54, 1.807) is 4.57 Å². The molecule has 3 heterocycles. The third-order valence-corrected chi connectivity index (χ3v) is 4.82. The minimum Gasteiger partial charge on any atom is -0.395 e. The maximum atomic E-state index is 11.8. The van der Waals surface area contributed by atoms with E-state index in [2.05, 4.69) is 27.3 Å². The van der Waals surface area contributed by atoms with Gasteiger partial charge < -0.3 is 15.9 Å². The minimum absolute atomic E-state index is 0.0133. The maximum absolute atomic E-state index is 11.8. The summed E-state index contributed by atoms with van der Waals surface area (Å²) in [6.07, 6.45) is 0.590. The second-order valence-electron chi connectivity index (χ2n) is 4.56. The van der Waals surface area contributed by atoms with Gasteiger partial charge in [0.25, 0.3) is 5.56 Å². The van der Waals surface area contributed by atoms with Crippen LogP contribution in [0.4, 0.5) is 5.95 Å². The molecule has 1 fully saturated rings. The van der Waals surface area contributed by atoms with E-state index in [4.69, 9.17) is 5.73 Å². The fraction of sp³-hybridized carbons (Fsp3) is 0.333. The van der Waals surface area contributed by atoms with Crippen molar-refractivity contribution in [3.63, 3.8) is 0 Å². The van der Waals surface area contributed by atoms with Gasteiger partial charge in [0.15, 0.2) is 11.2 Å². The number of thioether (sulfide) groups is 1. The number of nitrogens with zero attached hydrogens (tertiary/aromatic N) is 3. The zero-order valence-electron chi connectivity index (χ0n) is 10.9. The number of rotatable bonds is 2. The largest absolute Gasteiger partial charge is 0.395 e. The normalized spacial score (nSPS) is 25.4. The summed E-state index contributed by atoms with van der Waals surface area (Å²) in [6.45, 7) is 3.39. The van der Waals surface area contributed by atoms with Gasteiger partial charge in [-0.15, -0.1) is 17.5 Å². The first kappa shape index (κ1) is 13.9. The highest BCUT2D eigenvalue weighted by molar-refractivity contribution is 8.00. The zero-order valence-corrected chi connectivity index (χ0v) is 11.7. The Kier molecular flexibility index (Phi) is 3.34. The number of imidazole rings is 1. The van der Waals surface area contributed by atoms with Crippen LogP contribution >= 0.6 is 11.8 Å². The van der Waals surface area contributed by atoms with E-state index in [0.717, 1.165) is 0 Å². The minimum atomic E-state index is -0.862. The Hall–Kier alpha value is -2.06. The quantitative estimate of drug-likeness (QED) is 0.544. The highest BCUT2D eigenvalue weighted by Crippen LogP contribution is 2.45. The molecule has 1 saturated heterocycles. The average molecular weight is 307 g/mol. The molecule has 2 aromatic rings. The van der Waals surface area contributed by atoms with E-state index in [1.165, 1.54) is 18.1 Å². The molecule has 3 atom stereocenters. The Morgan fingerprint density at radius 1 is 1.62 bits per heavy atom. The van der Waals surface area contributed by atoms with E-state index in [0.29, 0.717) is 11.2 Å². The topological polar surface area (TPSA) is 130 Å². The van der Waals surface area contributed by atoms with Crippen LogP contribution in [0.1, 0.15) is 5.37 Å². The fourth-order valence-corrected chi connectivity index (χ4v) is 3.69. The van der Waals surface area contributed by atoms with Crippen molar-refractivity contribution in [3.8, 4) is 0 Å².